The van der Waals surface area contributed by atoms with Crippen LogP contribution in [0.25, 0.3) is 11.2 Å². The number of nitrogens with two attached hydrogens (primary N) is 1. The Morgan fingerprint density at radius 2 is 2.03 bits per heavy atom. The number of fused-ring (bicyclic) bond motifs is 1. The highest BCUT2D eigenvalue weighted by Crippen LogP contribution is 2.34. The van der Waals surface area contributed by atoms with Crippen LogP contribution in [0.5, 0.6) is 6.01 Å². The molecule has 0 radical (unpaired) electrons. The number of nitrogens with zero attached hydrogens (tertiary/aromatic N) is 5. The van der Waals surface area contributed by atoms with E-state index in [0.29, 0.717) is 19.4 Å². The summed E-state index contributed by atoms with van der Waals surface area (Å²) < 4.78 is 12.8. The topological polar surface area (TPSA) is 169 Å². The first-order chi connectivity index (χ1) is 15.9. The molecular weight excluding hydrogens is 432 g/mol. The Labute approximate surface area is 189 Å². The average molecular weight is 458 g/mol. The van der Waals surface area contributed by atoms with Crippen LogP contribution in [-0.4, -0.2) is 83.8 Å². The lowest BCUT2D eigenvalue weighted by molar-refractivity contribution is -0.152. The van der Waals surface area contributed by atoms with Crippen LogP contribution in [0, 0.1) is 0 Å². The Morgan fingerprint density at radius 3 is 2.73 bits per heavy atom. The van der Waals surface area contributed by atoms with E-state index in [1.807, 2.05) is 30.3 Å². The van der Waals surface area contributed by atoms with Gasteiger partial charge in [-0.15, -0.1) is 0 Å². The minimum Gasteiger partial charge on any atom is -0.463 e. The fraction of sp³-hybridized carbons (Fsp3) is 0.429. The van der Waals surface area contributed by atoms with Gasteiger partial charge in [-0.25, -0.2) is 4.98 Å². The van der Waals surface area contributed by atoms with Gasteiger partial charge < -0.3 is 35.4 Å². The number of aliphatic hydroxyl groups is 3. The van der Waals surface area contributed by atoms with Crippen LogP contribution in [0.2, 0.25) is 0 Å². The van der Waals surface area contributed by atoms with Crippen LogP contribution in [0.15, 0.2) is 36.7 Å². The molecular formula is C21H26N6O6. The van der Waals surface area contributed by atoms with Crippen molar-refractivity contribution >= 4 is 23.4 Å². The first kappa shape index (κ1) is 22.9. The minimum atomic E-state index is -1.46. The third kappa shape index (κ3) is 4.46. The predicted molar refractivity (Wildman–Crippen MR) is 116 cm³/mol. The Bertz CT molecular complexity index is 1100. The van der Waals surface area contributed by atoms with E-state index >= 15 is 0 Å². The summed E-state index contributed by atoms with van der Waals surface area (Å²) in [6, 6.07) is 9.80. The summed E-state index contributed by atoms with van der Waals surface area (Å²) in [5, 5.41) is 31.5. The SMILES string of the molecule is CCN(C=O)C(O)[C@H]1O[C@@H](n2cnc3c(N)nc(OCCc4ccccc4)nc32)[C@H](O)[C@@H]1O. The van der Waals surface area contributed by atoms with Crippen LogP contribution in [0.1, 0.15) is 18.7 Å². The second kappa shape index (κ2) is 9.67. The van der Waals surface area contributed by atoms with E-state index in [0.717, 1.165) is 10.5 Å². The second-order valence-corrected chi connectivity index (χ2v) is 7.62. The molecule has 12 nitrogen and oxygen atoms in total. The lowest BCUT2D eigenvalue weighted by atomic mass is 10.1. The van der Waals surface area contributed by atoms with Crippen molar-refractivity contribution in [1.82, 2.24) is 24.4 Å². The third-order valence-corrected chi connectivity index (χ3v) is 5.58. The molecule has 3 heterocycles. The van der Waals surface area contributed by atoms with E-state index in [1.54, 1.807) is 6.92 Å². The number of anilines is 1. The molecule has 0 spiro atoms. The zero-order chi connectivity index (χ0) is 23.5. The molecule has 1 aliphatic rings. The molecule has 5 atom stereocenters. The highest BCUT2D eigenvalue weighted by atomic mass is 16.6. The molecule has 176 valence electrons. The molecule has 1 fully saturated rings. The van der Waals surface area contributed by atoms with E-state index in [-0.39, 0.29) is 29.5 Å². The Morgan fingerprint density at radius 1 is 1.27 bits per heavy atom. The van der Waals surface area contributed by atoms with Crippen molar-refractivity contribution in [2.75, 3.05) is 18.9 Å². The van der Waals surface area contributed by atoms with Crippen molar-refractivity contribution < 1.29 is 29.6 Å². The Balaban J connectivity index is 1.55. The summed E-state index contributed by atoms with van der Waals surface area (Å²) in [4.78, 5) is 24.9. The van der Waals surface area contributed by atoms with Crippen molar-refractivity contribution in [3.63, 3.8) is 0 Å². The molecule has 0 saturated carbocycles. The van der Waals surface area contributed by atoms with Crippen molar-refractivity contribution in [1.29, 1.82) is 0 Å². The first-order valence-corrected chi connectivity index (χ1v) is 10.5. The predicted octanol–water partition coefficient (Wildman–Crippen LogP) is -0.554. The maximum Gasteiger partial charge on any atom is 0.320 e. The summed E-state index contributed by atoms with van der Waals surface area (Å²) in [5.74, 6) is 0.0798. The monoisotopic (exact) mass is 458 g/mol. The maximum absolute atomic E-state index is 11.2. The molecule has 2 aromatic heterocycles. The lowest BCUT2D eigenvalue weighted by Crippen LogP contribution is -2.48. The molecule has 0 bridgehead atoms. The number of hydrogen-bond donors (Lipinski definition) is 4. The van der Waals surface area contributed by atoms with Crippen LogP contribution in [0.3, 0.4) is 0 Å². The average Bonchev–Trinajstić information content (AvgIpc) is 3.36. The number of carbonyl (C=O) groups is 1. The van der Waals surface area contributed by atoms with Gasteiger partial charge in [0.25, 0.3) is 0 Å². The van der Waals surface area contributed by atoms with Crippen LogP contribution in [0.4, 0.5) is 5.82 Å². The van der Waals surface area contributed by atoms with Gasteiger partial charge in [0.15, 0.2) is 29.4 Å². The zero-order valence-electron chi connectivity index (χ0n) is 17.9. The van der Waals surface area contributed by atoms with Gasteiger partial charge in [-0.3, -0.25) is 9.36 Å². The third-order valence-electron chi connectivity index (χ3n) is 5.58. The Kier molecular flexibility index (Phi) is 6.70. The molecule has 5 N–H and O–H groups in total. The van der Waals surface area contributed by atoms with Gasteiger partial charge in [-0.05, 0) is 12.5 Å². The summed E-state index contributed by atoms with van der Waals surface area (Å²) in [5.41, 5.74) is 7.61. The number of amides is 1. The van der Waals surface area contributed by atoms with Gasteiger partial charge in [0.05, 0.1) is 12.9 Å². The van der Waals surface area contributed by atoms with E-state index in [4.69, 9.17) is 15.2 Å². The van der Waals surface area contributed by atoms with Crippen molar-refractivity contribution in [2.45, 2.75) is 44.1 Å². The smallest absolute Gasteiger partial charge is 0.320 e. The van der Waals surface area contributed by atoms with E-state index < -0.39 is 30.8 Å². The number of ether oxygens (including phenoxy) is 2. The number of carbonyl (C=O) groups excluding carboxylic acids is 1. The zero-order valence-corrected chi connectivity index (χ0v) is 17.9. The number of hydrogen-bond acceptors (Lipinski definition) is 10. The lowest BCUT2D eigenvalue weighted by Gasteiger charge is -2.28. The summed E-state index contributed by atoms with van der Waals surface area (Å²) in [6.45, 7) is 2.17. The number of aliphatic hydroxyl groups excluding tert-OH is 3. The molecule has 1 saturated heterocycles. The highest BCUT2D eigenvalue weighted by molar-refractivity contribution is 5.82. The number of benzene rings is 1. The number of aromatic nitrogens is 4. The number of nitrogen functional groups attached to an aromatic ring is 1. The van der Waals surface area contributed by atoms with Crippen molar-refractivity contribution in [3.05, 3.63) is 42.2 Å². The Hall–Kier alpha value is -3.32. The van der Waals surface area contributed by atoms with Gasteiger partial charge in [0.1, 0.15) is 18.3 Å². The molecule has 0 aliphatic carbocycles. The summed E-state index contributed by atoms with van der Waals surface area (Å²) in [7, 11) is 0. The highest BCUT2D eigenvalue weighted by Gasteiger charge is 2.48. The molecule has 33 heavy (non-hydrogen) atoms. The van der Waals surface area contributed by atoms with E-state index in [1.165, 1.54) is 10.9 Å². The molecule has 1 aromatic carbocycles. The number of rotatable bonds is 9. The molecule has 1 unspecified atom stereocenters. The largest absolute Gasteiger partial charge is 0.463 e. The standard InChI is InChI=1S/C21H26N6O6/c1-2-26(11-28)19(31)16-14(29)15(30)20(33-16)27-10-23-13-17(22)24-21(25-18(13)27)32-9-8-12-6-4-3-5-7-12/h3-7,10-11,14-16,19-20,29-31H,2,8-9H2,1H3,(H2,22,24,25)/t14-,15+,16-,19?,20+/m0/s1. The van der Waals surface area contributed by atoms with Gasteiger partial charge >= 0.3 is 6.01 Å². The van der Waals surface area contributed by atoms with Gasteiger partial charge in [-0.2, -0.15) is 9.97 Å². The van der Waals surface area contributed by atoms with E-state index in [9.17, 15) is 20.1 Å². The fourth-order valence-electron chi connectivity index (χ4n) is 3.75. The van der Waals surface area contributed by atoms with Gasteiger partial charge in [0, 0.05) is 13.0 Å². The molecule has 1 aliphatic heterocycles. The first-order valence-electron chi connectivity index (χ1n) is 10.5. The van der Waals surface area contributed by atoms with E-state index in [2.05, 4.69) is 15.0 Å². The van der Waals surface area contributed by atoms with Gasteiger partial charge in [-0.1, -0.05) is 30.3 Å². The minimum absolute atomic E-state index is 0.0282. The molecule has 4 rings (SSSR count). The van der Waals surface area contributed by atoms with Crippen LogP contribution in [-0.2, 0) is 16.0 Å². The molecule has 3 aromatic rings. The quantitative estimate of drug-likeness (QED) is 0.241. The second-order valence-electron chi connectivity index (χ2n) is 7.62. The fourth-order valence-corrected chi connectivity index (χ4v) is 3.75. The summed E-state index contributed by atoms with van der Waals surface area (Å²) in [6.07, 6.45) is -4.29. The maximum atomic E-state index is 11.2. The summed E-state index contributed by atoms with van der Waals surface area (Å²) >= 11 is 0. The van der Waals surface area contributed by atoms with Crippen molar-refractivity contribution in [3.8, 4) is 6.01 Å². The van der Waals surface area contributed by atoms with Crippen molar-refractivity contribution in [2.24, 2.45) is 0 Å². The number of imidazole rings is 1. The normalized spacial score (nSPS) is 23.5. The number of likely N-dealkylation sites (N-methyl/N-ethyl adjacent to an activating group) is 1. The molecule has 1 amide bonds. The van der Waals surface area contributed by atoms with Crippen LogP contribution < -0.4 is 10.5 Å². The molecule has 12 heteroatoms. The van der Waals surface area contributed by atoms with Crippen LogP contribution >= 0.6 is 0 Å². The van der Waals surface area contributed by atoms with Gasteiger partial charge in [0.2, 0.25) is 6.41 Å².